The fourth-order valence-electron chi connectivity index (χ4n) is 2.84. The zero-order valence-corrected chi connectivity index (χ0v) is 15.4. The lowest BCUT2D eigenvalue weighted by molar-refractivity contribution is -0.139. The van der Waals surface area contributed by atoms with Crippen LogP contribution in [0.1, 0.15) is 60.8 Å². The van der Waals surface area contributed by atoms with Crippen molar-refractivity contribution in [2.75, 3.05) is 6.61 Å². The highest BCUT2D eigenvalue weighted by Crippen LogP contribution is 2.26. The number of nitrogens with one attached hydrogen (secondary N) is 1. The van der Waals surface area contributed by atoms with E-state index in [0.717, 1.165) is 12.8 Å². The molecule has 0 amide bonds. The lowest BCUT2D eigenvalue weighted by atomic mass is 9.88. The quantitative estimate of drug-likeness (QED) is 0.704. The van der Waals surface area contributed by atoms with Gasteiger partial charge in [0.25, 0.3) is 0 Å². The van der Waals surface area contributed by atoms with Crippen LogP contribution in [0.5, 0.6) is 0 Å². The van der Waals surface area contributed by atoms with E-state index in [1.165, 1.54) is 0 Å². The second-order valence-electron chi connectivity index (χ2n) is 7.15. The minimum atomic E-state index is -0.687. The van der Waals surface area contributed by atoms with Crippen molar-refractivity contribution in [3.05, 3.63) is 11.6 Å². The Balaban J connectivity index is 2.98. The van der Waals surface area contributed by atoms with Gasteiger partial charge in [-0.2, -0.15) is 0 Å². The molecule has 0 aromatic rings. The summed E-state index contributed by atoms with van der Waals surface area (Å²) in [5.41, 5.74) is 0.414. The van der Waals surface area contributed by atoms with Crippen molar-refractivity contribution in [3.8, 4) is 0 Å². The van der Waals surface area contributed by atoms with Crippen LogP contribution in [0.2, 0.25) is 0 Å². The van der Waals surface area contributed by atoms with Gasteiger partial charge in [-0.15, -0.1) is 0 Å². The highest BCUT2D eigenvalue weighted by molar-refractivity contribution is 5.89. The first-order chi connectivity index (χ1) is 10.7. The molecule has 0 aliphatic heterocycles. The smallest absolute Gasteiger partial charge is 0.333 e. The molecule has 23 heavy (non-hydrogen) atoms. The second-order valence-corrected chi connectivity index (χ2v) is 7.15. The SMILES string of the molecule is CCOC(=O)C1=C[C@H](OC(CC)CC)[C@@H](O)[C@H](NC(C)(C)C)C1. The third-order valence-electron chi connectivity index (χ3n) is 3.97. The van der Waals surface area contributed by atoms with E-state index in [4.69, 9.17) is 9.47 Å². The number of aliphatic hydroxyl groups excluding tert-OH is 1. The van der Waals surface area contributed by atoms with Gasteiger partial charge in [0, 0.05) is 17.2 Å². The van der Waals surface area contributed by atoms with Crippen LogP contribution in [-0.4, -0.2) is 47.6 Å². The van der Waals surface area contributed by atoms with Gasteiger partial charge in [0.2, 0.25) is 0 Å². The molecule has 3 atom stereocenters. The minimum Gasteiger partial charge on any atom is -0.463 e. The maximum atomic E-state index is 12.1. The zero-order valence-electron chi connectivity index (χ0n) is 15.4. The molecule has 1 aliphatic rings. The van der Waals surface area contributed by atoms with Crippen LogP contribution in [0.25, 0.3) is 0 Å². The van der Waals surface area contributed by atoms with Crippen molar-refractivity contribution >= 4 is 5.97 Å². The number of hydrogen-bond acceptors (Lipinski definition) is 5. The van der Waals surface area contributed by atoms with Crippen molar-refractivity contribution < 1.29 is 19.4 Å². The number of carbonyl (C=O) groups excluding carboxylic acids is 1. The number of carbonyl (C=O) groups is 1. The maximum absolute atomic E-state index is 12.1. The average molecular weight is 327 g/mol. The monoisotopic (exact) mass is 327 g/mol. The number of hydrogen-bond donors (Lipinski definition) is 2. The van der Waals surface area contributed by atoms with Crippen LogP contribution in [0, 0.1) is 0 Å². The van der Waals surface area contributed by atoms with Gasteiger partial charge in [0.05, 0.1) is 18.8 Å². The predicted molar refractivity (Wildman–Crippen MR) is 91.3 cm³/mol. The Morgan fingerprint density at radius 2 is 1.96 bits per heavy atom. The van der Waals surface area contributed by atoms with E-state index in [1.807, 2.05) is 20.8 Å². The van der Waals surface area contributed by atoms with Crippen LogP contribution in [0.3, 0.4) is 0 Å². The molecular weight excluding hydrogens is 294 g/mol. The maximum Gasteiger partial charge on any atom is 0.333 e. The van der Waals surface area contributed by atoms with Crippen molar-refractivity contribution in [1.82, 2.24) is 5.32 Å². The number of esters is 1. The van der Waals surface area contributed by atoms with Crippen LogP contribution >= 0.6 is 0 Å². The van der Waals surface area contributed by atoms with Crippen LogP contribution < -0.4 is 5.32 Å². The summed E-state index contributed by atoms with van der Waals surface area (Å²) in [7, 11) is 0. The third-order valence-corrected chi connectivity index (χ3v) is 3.97. The van der Waals surface area contributed by atoms with E-state index in [9.17, 15) is 9.90 Å². The first-order valence-electron chi connectivity index (χ1n) is 8.70. The van der Waals surface area contributed by atoms with Gasteiger partial charge in [-0.3, -0.25) is 0 Å². The van der Waals surface area contributed by atoms with E-state index >= 15 is 0 Å². The summed E-state index contributed by atoms with van der Waals surface area (Å²) in [4.78, 5) is 12.1. The van der Waals surface area contributed by atoms with Gasteiger partial charge in [0.15, 0.2) is 0 Å². The standard InChI is InChI=1S/C18H33NO4/c1-7-13(8-2)23-15-11-12(17(21)22-9-3)10-14(16(15)20)19-18(4,5)6/h11,13-16,19-20H,7-10H2,1-6H3/t14-,15+,16+/m1/s1. The molecule has 0 saturated heterocycles. The third kappa shape index (κ3) is 6.24. The van der Waals surface area contributed by atoms with E-state index in [1.54, 1.807) is 13.0 Å². The number of ether oxygens (including phenoxy) is 2. The molecule has 0 bridgehead atoms. The zero-order chi connectivity index (χ0) is 17.6. The molecule has 0 aromatic heterocycles. The van der Waals surface area contributed by atoms with Gasteiger partial charge in [-0.05, 0) is 53.0 Å². The summed E-state index contributed by atoms with van der Waals surface area (Å²) in [5.74, 6) is -0.321. The summed E-state index contributed by atoms with van der Waals surface area (Å²) < 4.78 is 11.2. The summed E-state index contributed by atoms with van der Waals surface area (Å²) >= 11 is 0. The lowest BCUT2D eigenvalue weighted by Gasteiger charge is -2.38. The van der Waals surface area contributed by atoms with E-state index in [0.29, 0.717) is 18.6 Å². The molecule has 0 spiro atoms. The summed E-state index contributed by atoms with van der Waals surface area (Å²) in [6, 6.07) is -0.237. The number of rotatable bonds is 7. The molecule has 134 valence electrons. The first kappa shape index (κ1) is 20.1. The molecule has 5 nitrogen and oxygen atoms in total. The van der Waals surface area contributed by atoms with Crippen molar-refractivity contribution in [1.29, 1.82) is 0 Å². The molecular formula is C18H33NO4. The summed E-state index contributed by atoms with van der Waals surface area (Å²) in [5, 5.41) is 14.1. The van der Waals surface area contributed by atoms with Crippen molar-refractivity contribution in [3.63, 3.8) is 0 Å². The fraction of sp³-hybridized carbons (Fsp3) is 0.833. The molecule has 0 aromatic carbocycles. The highest BCUT2D eigenvalue weighted by atomic mass is 16.5. The lowest BCUT2D eigenvalue weighted by Crippen LogP contribution is -2.55. The first-order valence-corrected chi connectivity index (χ1v) is 8.70. The van der Waals surface area contributed by atoms with Crippen LogP contribution in [0.4, 0.5) is 0 Å². The van der Waals surface area contributed by atoms with Crippen molar-refractivity contribution in [2.45, 2.75) is 90.7 Å². The Morgan fingerprint density at radius 1 is 1.35 bits per heavy atom. The van der Waals surface area contributed by atoms with Crippen LogP contribution in [-0.2, 0) is 14.3 Å². The molecule has 5 heteroatoms. The Labute approximate surface area is 140 Å². The van der Waals surface area contributed by atoms with Gasteiger partial charge in [0.1, 0.15) is 6.10 Å². The second kappa shape index (κ2) is 8.81. The summed E-state index contributed by atoms with van der Waals surface area (Å²) in [6.07, 6.45) is 2.82. The minimum absolute atomic E-state index is 0.0720. The molecule has 0 radical (unpaired) electrons. The number of aliphatic hydroxyl groups is 1. The van der Waals surface area contributed by atoms with Crippen LogP contribution in [0.15, 0.2) is 11.6 Å². The fourth-order valence-corrected chi connectivity index (χ4v) is 2.84. The molecule has 1 rings (SSSR count). The molecule has 0 saturated carbocycles. The van der Waals surface area contributed by atoms with Crippen molar-refractivity contribution in [2.24, 2.45) is 0 Å². The molecule has 0 unspecified atom stereocenters. The van der Waals surface area contributed by atoms with E-state index < -0.39 is 12.2 Å². The molecule has 0 heterocycles. The van der Waals surface area contributed by atoms with Gasteiger partial charge < -0.3 is 19.9 Å². The topological polar surface area (TPSA) is 67.8 Å². The normalized spacial score (nSPS) is 25.4. The van der Waals surface area contributed by atoms with Gasteiger partial charge in [-0.1, -0.05) is 13.8 Å². The summed E-state index contributed by atoms with van der Waals surface area (Å²) in [6.45, 7) is 12.4. The van der Waals surface area contributed by atoms with E-state index in [2.05, 4.69) is 19.2 Å². The molecule has 0 fully saturated rings. The Morgan fingerprint density at radius 3 is 2.43 bits per heavy atom. The largest absolute Gasteiger partial charge is 0.463 e. The highest BCUT2D eigenvalue weighted by Gasteiger charge is 2.37. The van der Waals surface area contributed by atoms with Gasteiger partial charge >= 0.3 is 5.97 Å². The Kier molecular flexibility index (Phi) is 7.71. The Hall–Kier alpha value is -0.910. The van der Waals surface area contributed by atoms with Gasteiger partial charge in [-0.25, -0.2) is 4.79 Å². The average Bonchev–Trinajstić information content (AvgIpc) is 2.46. The molecule has 1 aliphatic carbocycles. The molecule has 2 N–H and O–H groups in total. The predicted octanol–water partition coefficient (Wildman–Crippen LogP) is 2.57. The Bertz CT molecular complexity index is 410. The van der Waals surface area contributed by atoms with E-state index in [-0.39, 0.29) is 23.7 Å².